The van der Waals surface area contributed by atoms with Crippen LogP contribution in [-0.2, 0) is 4.79 Å². The van der Waals surface area contributed by atoms with Crippen LogP contribution >= 0.6 is 0 Å². The van der Waals surface area contributed by atoms with Crippen LogP contribution in [0.15, 0.2) is 0 Å². The maximum atomic E-state index is 11.3. The molecule has 1 fully saturated rings. The minimum Gasteiger partial charge on any atom is -0.481 e. The lowest BCUT2D eigenvalue weighted by Gasteiger charge is -2.40. The minimum absolute atomic E-state index is 0.150. The molecule has 1 rings (SSSR count). The summed E-state index contributed by atoms with van der Waals surface area (Å²) in [4.78, 5) is 13.7. The van der Waals surface area contributed by atoms with Gasteiger partial charge < -0.3 is 5.11 Å². The molecule has 0 heterocycles. The number of carboxylic acids is 1. The Kier molecular flexibility index (Phi) is 5.96. The topological polar surface area (TPSA) is 40.5 Å². The summed E-state index contributed by atoms with van der Waals surface area (Å²) in [5, 5.41) is 9.34. The molecule has 0 saturated heterocycles. The Bertz CT molecular complexity index is 242. The molecule has 0 aromatic rings. The normalized spacial score (nSPS) is 29.5. The van der Waals surface area contributed by atoms with Gasteiger partial charge in [-0.1, -0.05) is 27.2 Å². The van der Waals surface area contributed by atoms with Gasteiger partial charge in [0.25, 0.3) is 0 Å². The maximum Gasteiger partial charge on any atom is 0.308 e. The van der Waals surface area contributed by atoms with Crippen LogP contribution in [0.5, 0.6) is 0 Å². The van der Waals surface area contributed by atoms with E-state index >= 15 is 0 Å². The summed E-state index contributed by atoms with van der Waals surface area (Å²) < 4.78 is 0. The number of nitrogens with zero attached hydrogens (tertiary/aromatic N) is 1. The fourth-order valence-electron chi connectivity index (χ4n) is 2.96. The summed E-state index contributed by atoms with van der Waals surface area (Å²) in [5.41, 5.74) is 0. The van der Waals surface area contributed by atoms with Crippen LogP contribution in [0.25, 0.3) is 0 Å². The average molecular weight is 241 g/mol. The fraction of sp³-hybridized carbons (Fsp3) is 0.929. The van der Waals surface area contributed by atoms with Gasteiger partial charge in [-0.3, -0.25) is 9.69 Å². The Labute approximate surface area is 105 Å². The van der Waals surface area contributed by atoms with E-state index < -0.39 is 5.97 Å². The minimum atomic E-state index is -0.600. The van der Waals surface area contributed by atoms with E-state index in [1.807, 2.05) is 0 Å². The van der Waals surface area contributed by atoms with Gasteiger partial charge in [-0.2, -0.15) is 0 Å². The summed E-state index contributed by atoms with van der Waals surface area (Å²) in [6.07, 6.45) is 5.32. The van der Waals surface area contributed by atoms with Crippen LogP contribution in [0.3, 0.4) is 0 Å². The van der Waals surface area contributed by atoms with Gasteiger partial charge in [-0.05, 0) is 44.7 Å². The average Bonchev–Trinajstić information content (AvgIpc) is 2.29. The van der Waals surface area contributed by atoms with Crippen molar-refractivity contribution in [1.82, 2.24) is 4.90 Å². The molecule has 1 saturated carbocycles. The van der Waals surface area contributed by atoms with Gasteiger partial charge >= 0.3 is 5.97 Å². The molecule has 0 aromatic carbocycles. The van der Waals surface area contributed by atoms with Crippen molar-refractivity contribution in [2.75, 3.05) is 13.1 Å². The van der Waals surface area contributed by atoms with Crippen molar-refractivity contribution in [2.45, 2.75) is 58.9 Å². The quantitative estimate of drug-likeness (QED) is 0.777. The Morgan fingerprint density at radius 3 is 2.59 bits per heavy atom. The van der Waals surface area contributed by atoms with Gasteiger partial charge in [-0.15, -0.1) is 0 Å². The number of carbonyl (C=O) groups is 1. The molecule has 3 heteroatoms. The van der Waals surface area contributed by atoms with Crippen LogP contribution in [0.2, 0.25) is 0 Å². The van der Waals surface area contributed by atoms with E-state index in [9.17, 15) is 9.90 Å². The monoisotopic (exact) mass is 241 g/mol. The van der Waals surface area contributed by atoms with Crippen LogP contribution in [0.4, 0.5) is 0 Å². The van der Waals surface area contributed by atoms with E-state index in [0.29, 0.717) is 5.92 Å². The van der Waals surface area contributed by atoms with Gasteiger partial charge in [0, 0.05) is 6.04 Å². The zero-order valence-corrected chi connectivity index (χ0v) is 11.5. The highest BCUT2D eigenvalue weighted by atomic mass is 16.4. The molecule has 0 radical (unpaired) electrons. The molecule has 0 aliphatic heterocycles. The number of aliphatic carboxylic acids is 1. The predicted octanol–water partition coefficient (Wildman–Crippen LogP) is 3.00. The molecule has 0 aromatic heterocycles. The second kappa shape index (κ2) is 7.00. The lowest BCUT2D eigenvalue weighted by molar-refractivity contribution is -0.146. The molecule has 3 atom stereocenters. The third-order valence-electron chi connectivity index (χ3n) is 4.07. The smallest absolute Gasteiger partial charge is 0.308 e. The van der Waals surface area contributed by atoms with Gasteiger partial charge in [-0.25, -0.2) is 0 Å². The fourth-order valence-corrected chi connectivity index (χ4v) is 2.96. The standard InChI is InChI=1S/C14H27NO2/c1-4-6-9-15(5-2)13-10-11(3)7-8-12(13)14(16)17/h11-13H,4-10H2,1-3H3,(H,16,17). The van der Waals surface area contributed by atoms with Crippen molar-refractivity contribution < 1.29 is 9.90 Å². The third kappa shape index (κ3) is 3.98. The SMILES string of the molecule is CCCCN(CC)C1CC(C)CCC1C(=O)O. The molecule has 17 heavy (non-hydrogen) atoms. The molecule has 3 unspecified atom stereocenters. The summed E-state index contributed by atoms with van der Waals surface area (Å²) >= 11 is 0. The first kappa shape index (κ1) is 14.5. The zero-order chi connectivity index (χ0) is 12.8. The van der Waals surface area contributed by atoms with Gasteiger partial charge in [0.2, 0.25) is 0 Å². The Morgan fingerprint density at radius 1 is 1.35 bits per heavy atom. The largest absolute Gasteiger partial charge is 0.481 e. The maximum absolute atomic E-state index is 11.3. The molecular weight excluding hydrogens is 214 g/mol. The highest BCUT2D eigenvalue weighted by Crippen LogP contribution is 2.32. The number of hydrogen-bond acceptors (Lipinski definition) is 2. The first-order valence-corrected chi connectivity index (χ1v) is 7.06. The van der Waals surface area contributed by atoms with E-state index in [-0.39, 0.29) is 12.0 Å². The van der Waals surface area contributed by atoms with E-state index in [4.69, 9.17) is 0 Å². The molecule has 0 spiro atoms. The van der Waals surface area contributed by atoms with Crippen molar-refractivity contribution in [2.24, 2.45) is 11.8 Å². The van der Waals surface area contributed by atoms with Crippen molar-refractivity contribution >= 4 is 5.97 Å². The summed E-state index contributed by atoms with van der Waals surface area (Å²) in [6, 6.07) is 0.257. The zero-order valence-electron chi connectivity index (χ0n) is 11.5. The van der Waals surface area contributed by atoms with Crippen molar-refractivity contribution in [3.63, 3.8) is 0 Å². The van der Waals surface area contributed by atoms with Gasteiger partial charge in [0.1, 0.15) is 0 Å². The first-order chi connectivity index (χ1) is 8.10. The summed E-state index contributed by atoms with van der Waals surface area (Å²) in [5.74, 6) is -0.0777. The van der Waals surface area contributed by atoms with E-state index in [2.05, 4.69) is 25.7 Å². The molecule has 0 amide bonds. The van der Waals surface area contributed by atoms with Crippen molar-refractivity contribution in [3.8, 4) is 0 Å². The molecule has 100 valence electrons. The molecule has 0 bridgehead atoms. The Morgan fingerprint density at radius 2 is 2.06 bits per heavy atom. The summed E-state index contributed by atoms with van der Waals surface area (Å²) in [6.45, 7) is 8.61. The van der Waals surface area contributed by atoms with Crippen molar-refractivity contribution in [1.29, 1.82) is 0 Å². The number of hydrogen-bond donors (Lipinski definition) is 1. The van der Waals surface area contributed by atoms with Crippen LogP contribution < -0.4 is 0 Å². The van der Waals surface area contributed by atoms with Crippen LogP contribution in [-0.4, -0.2) is 35.1 Å². The molecule has 1 aliphatic rings. The first-order valence-electron chi connectivity index (χ1n) is 7.06. The predicted molar refractivity (Wildman–Crippen MR) is 70.1 cm³/mol. The molecular formula is C14H27NO2. The Balaban J connectivity index is 2.68. The van der Waals surface area contributed by atoms with Gasteiger partial charge in [0.05, 0.1) is 5.92 Å². The summed E-state index contributed by atoms with van der Waals surface area (Å²) in [7, 11) is 0. The van der Waals surface area contributed by atoms with Crippen molar-refractivity contribution in [3.05, 3.63) is 0 Å². The van der Waals surface area contributed by atoms with Gasteiger partial charge in [0.15, 0.2) is 0 Å². The highest BCUT2D eigenvalue weighted by Gasteiger charge is 2.36. The van der Waals surface area contributed by atoms with Crippen LogP contribution in [0, 0.1) is 11.8 Å². The molecule has 3 nitrogen and oxygen atoms in total. The van der Waals surface area contributed by atoms with Crippen LogP contribution in [0.1, 0.15) is 52.9 Å². The second-order valence-corrected chi connectivity index (χ2v) is 5.41. The third-order valence-corrected chi connectivity index (χ3v) is 4.07. The van der Waals surface area contributed by atoms with E-state index in [1.54, 1.807) is 0 Å². The highest BCUT2D eigenvalue weighted by molar-refractivity contribution is 5.71. The lowest BCUT2D eigenvalue weighted by atomic mass is 9.78. The van der Waals surface area contributed by atoms with E-state index in [0.717, 1.165) is 32.4 Å². The number of unbranched alkanes of at least 4 members (excludes halogenated alkanes) is 1. The Hall–Kier alpha value is -0.570. The number of rotatable bonds is 6. The second-order valence-electron chi connectivity index (χ2n) is 5.41. The lowest BCUT2D eigenvalue weighted by Crippen LogP contribution is -2.47. The molecule has 1 N–H and O–H groups in total. The van der Waals surface area contributed by atoms with E-state index in [1.165, 1.54) is 12.8 Å². The molecule has 1 aliphatic carbocycles. The number of carboxylic acid groups (broad SMARTS) is 1.